The van der Waals surface area contributed by atoms with Crippen LogP contribution in [0.3, 0.4) is 0 Å². The van der Waals surface area contributed by atoms with Gasteiger partial charge in [0.1, 0.15) is 25.4 Å². The molecule has 10 unspecified atom stereocenters. The van der Waals surface area contributed by atoms with Gasteiger partial charge in [0.2, 0.25) is 0 Å². The van der Waals surface area contributed by atoms with E-state index in [2.05, 4.69) is 10.6 Å². The number of carbonyl (C=O) groups is 8. The van der Waals surface area contributed by atoms with Gasteiger partial charge in [0.25, 0.3) is 0 Å². The number of carbonyl (C=O) groups excluding carboxylic acids is 8. The van der Waals surface area contributed by atoms with Crippen LogP contribution in [0.4, 0.5) is 0 Å². The van der Waals surface area contributed by atoms with Gasteiger partial charge in [-0.15, -0.1) is 0 Å². The number of hydrogen-bond donors (Lipinski definition) is 2. The minimum Gasteiger partial charge on any atom is -0.463 e. The Morgan fingerprint density at radius 1 is 0.440 bits per heavy atom. The molecule has 0 bridgehead atoms. The van der Waals surface area contributed by atoms with Crippen LogP contribution in [0.1, 0.15) is 55.4 Å². The molecule has 0 aromatic rings. The normalized spacial score (nSPS) is 28.7. The molecule has 2 aliphatic rings. The van der Waals surface area contributed by atoms with E-state index in [1.165, 1.54) is 0 Å². The zero-order valence-electron chi connectivity index (χ0n) is 28.4. The molecule has 0 amide bonds. The van der Waals surface area contributed by atoms with Crippen LogP contribution in [0.25, 0.3) is 0 Å². The molecular weight excluding hydrogens is 696 g/mol. The van der Waals surface area contributed by atoms with Gasteiger partial charge in [-0.2, -0.15) is 0 Å². The molecule has 0 aromatic heterocycles. The van der Waals surface area contributed by atoms with Crippen molar-refractivity contribution in [2.45, 2.75) is 117 Å². The Labute approximate surface area is 291 Å². The van der Waals surface area contributed by atoms with Gasteiger partial charge in [-0.05, 0) is 12.2 Å². The lowest BCUT2D eigenvalue weighted by atomic mass is 9.97. The van der Waals surface area contributed by atoms with Crippen molar-refractivity contribution in [3.8, 4) is 0 Å². The van der Waals surface area contributed by atoms with Gasteiger partial charge in [0.15, 0.2) is 54.2 Å². The third-order valence-electron chi connectivity index (χ3n) is 6.53. The van der Waals surface area contributed by atoms with Crippen molar-refractivity contribution >= 4 is 65.1 Å². The molecule has 0 saturated carbocycles. The Balaban J connectivity index is 2.53. The summed E-state index contributed by atoms with van der Waals surface area (Å²) in [5, 5.41) is 5.04. The number of rotatable bonds is 12. The third kappa shape index (κ3) is 13.0. The predicted molar refractivity (Wildman–Crippen MR) is 163 cm³/mol. The van der Waals surface area contributed by atoms with Crippen LogP contribution in [0.15, 0.2) is 0 Å². The van der Waals surface area contributed by atoms with Crippen LogP contribution in [0, 0.1) is 0 Å². The lowest BCUT2D eigenvalue weighted by molar-refractivity contribution is -0.257. The van der Waals surface area contributed by atoms with Gasteiger partial charge < -0.3 is 58.0 Å². The number of nitrogens with one attached hydrogen (secondary N) is 2. The molecule has 50 heavy (non-hydrogen) atoms. The first kappa shape index (κ1) is 41.5. The molecule has 0 aromatic carbocycles. The number of hydrogen-bond acceptors (Lipinski definition) is 19. The molecule has 2 rings (SSSR count). The largest absolute Gasteiger partial charge is 0.463 e. The highest BCUT2D eigenvalue weighted by molar-refractivity contribution is 7.80. The number of esters is 8. The molecule has 2 saturated heterocycles. The number of ether oxygens (including phenoxy) is 10. The zero-order chi connectivity index (χ0) is 37.9. The number of thiocarbonyl (C=S) groups is 1. The second-order valence-corrected chi connectivity index (χ2v) is 11.3. The fourth-order valence-corrected chi connectivity index (χ4v) is 5.22. The van der Waals surface area contributed by atoms with E-state index >= 15 is 0 Å². The standard InChI is InChI=1S/C29H40N2O18S/c1-11(32)40-9-19-21(42-13(3)34)23(44-15(5)36)25(46-17(7)38)27(48-19)30-29(50)31-28-26(47-18(8)39)24(45-16(6)37)22(43-14(4)35)20(49-28)10-41-12(2)33/h19-28H,9-10H2,1-8H3,(H2,30,31,50). The maximum Gasteiger partial charge on any atom is 0.303 e. The van der Waals surface area contributed by atoms with E-state index < -0.39 is 122 Å². The predicted octanol–water partition coefficient (Wildman–Crippen LogP) is -1.38. The Hall–Kier alpha value is -4.63. The molecule has 10 atom stereocenters. The fourth-order valence-electron chi connectivity index (χ4n) is 4.99. The average Bonchev–Trinajstić information content (AvgIpc) is 2.95. The van der Waals surface area contributed by atoms with E-state index in [-0.39, 0.29) is 5.11 Å². The van der Waals surface area contributed by atoms with Gasteiger partial charge in [-0.25, -0.2) is 0 Å². The molecule has 2 fully saturated rings. The van der Waals surface area contributed by atoms with Crippen molar-refractivity contribution in [1.82, 2.24) is 10.6 Å². The quantitative estimate of drug-likeness (QED) is 0.133. The molecule has 280 valence electrons. The first-order valence-corrected chi connectivity index (χ1v) is 15.4. The van der Waals surface area contributed by atoms with Crippen LogP contribution < -0.4 is 10.6 Å². The Morgan fingerprint density at radius 2 is 0.700 bits per heavy atom. The summed E-state index contributed by atoms with van der Waals surface area (Å²) < 4.78 is 54.4. The Bertz CT molecular complexity index is 1230. The highest BCUT2D eigenvalue weighted by Crippen LogP contribution is 2.30. The van der Waals surface area contributed by atoms with Crippen LogP contribution in [-0.2, 0) is 85.7 Å². The van der Waals surface area contributed by atoms with Crippen LogP contribution >= 0.6 is 12.2 Å². The summed E-state index contributed by atoms with van der Waals surface area (Å²) in [6, 6.07) is 0. The second-order valence-electron chi connectivity index (χ2n) is 10.9. The monoisotopic (exact) mass is 736 g/mol. The molecule has 2 heterocycles. The first-order chi connectivity index (χ1) is 23.3. The van der Waals surface area contributed by atoms with Crippen molar-refractivity contribution in [2.75, 3.05) is 13.2 Å². The third-order valence-corrected chi connectivity index (χ3v) is 6.76. The lowest BCUT2D eigenvalue weighted by Crippen LogP contribution is -2.69. The maximum atomic E-state index is 12.2. The van der Waals surface area contributed by atoms with Gasteiger partial charge in [-0.1, -0.05) is 0 Å². The minimum absolute atomic E-state index is 0.369. The van der Waals surface area contributed by atoms with Crippen molar-refractivity contribution in [3.63, 3.8) is 0 Å². The average molecular weight is 737 g/mol. The van der Waals surface area contributed by atoms with Crippen molar-refractivity contribution in [2.24, 2.45) is 0 Å². The van der Waals surface area contributed by atoms with E-state index in [4.69, 9.17) is 59.6 Å². The van der Waals surface area contributed by atoms with E-state index in [1.807, 2.05) is 0 Å². The van der Waals surface area contributed by atoms with E-state index in [0.29, 0.717) is 0 Å². The summed E-state index contributed by atoms with van der Waals surface area (Å²) in [5.74, 6) is -6.61. The second kappa shape index (κ2) is 18.9. The van der Waals surface area contributed by atoms with Gasteiger partial charge in [0, 0.05) is 55.4 Å². The highest BCUT2D eigenvalue weighted by Gasteiger charge is 2.54. The Kier molecular flexibility index (Phi) is 15.7. The van der Waals surface area contributed by atoms with E-state index in [9.17, 15) is 38.4 Å². The molecule has 0 radical (unpaired) electrons. The molecule has 21 heteroatoms. The maximum absolute atomic E-state index is 12.2. The summed E-state index contributed by atoms with van der Waals surface area (Å²) in [4.78, 5) is 96.0. The van der Waals surface area contributed by atoms with E-state index in [1.54, 1.807) is 0 Å². The highest BCUT2D eigenvalue weighted by atomic mass is 32.1. The summed E-state index contributed by atoms with van der Waals surface area (Å²) in [5.41, 5.74) is 0. The molecule has 20 nitrogen and oxygen atoms in total. The molecular formula is C29H40N2O18S. The van der Waals surface area contributed by atoms with Crippen molar-refractivity contribution in [1.29, 1.82) is 0 Å². The van der Waals surface area contributed by atoms with Gasteiger partial charge in [0.05, 0.1) is 0 Å². The van der Waals surface area contributed by atoms with Crippen molar-refractivity contribution < 1.29 is 85.7 Å². The topological polar surface area (TPSA) is 253 Å². The molecule has 0 spiro atoms. The van der Waals surface area contributed by atoms with E-state index in [0.717, 1.165) is 55.4 Å². The smallest absolute Gasteiger partial charge is 0.303 e. The molecule has 2 aliphatic heterocycles. The summed E-state index contributed by atoms with van der Waals surface area (Å²) in [6.45, 7) is 7.48. The lowest BCUT2D eigenvalue weighted by Gasteiger charge is -2.46. The van der Waals surface area contributed by atoms with Crippen LogP contribution in [0.2, 0.25) is 0 Å². The fraction of sp³-hybridized carbons (Fsp3) is 0.690. The Morgan fingerprint density at radius 3 is 0.960 bits per heavy atom. The van der Waals surface area contributed by atoms with Gasteiger partial charge >= 0.3 is 47.8 Å². The SMILES string of the molecule is CC(=O)OCC1OC(NC(=S)NC2OC(COC(C)=O)C(OC(C)=O)C(OC(C)=O)C2OC(C)=O)C(OC(C)=O)C(OC(C)=O)C1OC(C)=O. The summed E-state index contributed by atoms with van der Waals surface area (Å²) >= 11 is 5.47. The summed E-state index contributed by atoms with van der Waals surface area (Å²) in [6.07, 6.45) is -14.7. The van der Waals surface area contributed by atoms with Crippen molar-refractivity contribution in [3.05, 3.63) is 0 Å². The first-order valence-electron chi connectivity index (χ1n) is 15.0. The van der Waals surface area contributed by atoms with Crippen LogP contribution in [0.5, 0.6) is 0 Å². The molecule has 2 N–H and O–H groups in total. The zero-order valence-corrected chi connectivity index (χ0v) is 29.3. The molecule has 0 aliphatic carbocycles. The van der Waals surface area contributed by atoms with Gasteiger partial charge in [-0.3, -0.25) is 38.4 Å². The van der Waals surface area contributed by atoms with Crippen LogP contribution in [-0.4, -0.2) is 127 Å². The summed E-state index contributed by atoms with van der Waals surface area (Å²) in [7, 11) is 0. The minimum atomic E-state index is -1.55.